The number of hydrogen-bond acceptors (Lipinski definition) is 8. The average molecular weight is 592 g/mol. The number of fused-ring (bicyclic) bond motifs is 2. The maximum absolute atomic E-state index is 13.1. The molecule has 9 nitrogen and oxygen atoms in total. The first-order valence-electron chi connectivity index (χ1n) is 12.9. The summed E-state index contributed by atoms with van der Waals surface area (Å²) in [5, 5.41) is 0.613. The summed E-state index contributed by atoms with van der Waals surface area (Å²) in [6.45, 7) is 1.85. The van der Waals surface area contributed by atoms with Gasteiger partial charge in [-0.2, -0.15) is 0 Å². The van der Waals surface area contributed by atoms with Gasteiger partial charge in [-0.05, 0) is 73.3 Å². The molecule has 0 saturated carbocycles. The van der Waals surface area contributed by atoms with Gasteiger partial charge in [0.2, 0.25) is 0 Å². The number of benzene rings is 3. The Hall–Kier alpha value is -5.00. The molecule has 0 N–H and O–H groups in total. The number of imide groups is 1. The number of aromatic nitrogens is 3. The predicted molar refractivity (Wildman–Crippen MR) is 163 cm³/mol. The molecule has 42 heavy (non-hydrogen) atoms. The van der Waals surface area contributed by atoms with Crippen LogP contribution in [0.5, 0.6) is 0 Å². The molecule has 3 aromatic heterocycles. The third-order valence-electron chi connectivity index (χ3n) is 7.04. The second kappa shape index (κ2) is 10.1. The van der Waals surface area contributed by atoms with Crippen LogP contribution in [-0.4, -0.2) is 32.4 Å². The third-order valence-corrected chi connectivity index (χ3v) is 9.04. The number of anilines is 1. The molecule has 7 rings (SSSR count). The summed E-state index contributed by atoms with van der Waals surface area (Å²) in [7, 11) is 1.82. The number of carbonyl (C=O) groups excluding carboxylic acids is 2. The van der Waals surface area contributed by atoms with Gasteiger partial charge in [0, 0.05) is 7.05 Å². The molecule has 0 bridgehead atoms. The van der Waals surface area contributed by atoms with Crippen molar-refractivity contribution < 1.29 is 14.0 Å². The van der Waals surface area contributed by atoms with Crippen molar-refractivity contribution in [3.63, 3.8) is 0 Å². The standard InChI is InChI=1S/C31H21N5O4S2/c1-18-27(30(39)36(34(18)2)19-8-4-3-5-9-19)32-17-21-13-15-26(40-21)42-31-33-24-14-12-20(16-25(24)41-31)35-28(37)22-10-6-7-11-23(22)29(35)38/h3-17H,1-2H3. The molecule has 0 saturated heterocycles. The first-order valence-corrected chi connectivity index (χ1v) is 14.6. The summed E-state index contributed by atoms with van der Waals surface area (Å²) >= 11 is 2.80. The maximum Gasteiger partial charge on any atom is 0.297 e. The second-order valence-corrected chi connectivity index (χ2v) is 11.8. The Morgan fingerprint density at radius 3 is 2.33 bits per heavy atom. The number of thiazole rings is 1. The summed E-state index contributed by atoms with van der Waals surface area (Å²) in [6.07, 6.45) is 1.54. The maximum atomic E-state index is 13.1. The van der Waals surface area contributed by atoms with Crippen LogP contribution in [-0.2, 0) is 7.05 Å². The minimum atomic E-state index is -0.330. The van der Waals surface area contributed by atoms with Crippen molar-refractivity contribution >= 4 is 62.7 Å². The number of nitrogens with zero attached hydrogens (tertiary/aromatic N) is 5. The van der Waals surface area contributed by atoms with Crippen molar-refractivity contribution in [2.75, 3.05) is 4.90 Å². The number of furan rings is 1. The highest BCUT2D eigenvalue weighted by molar-refractivity contribution is 8.01. The van der Waals surface area contributed by atoms with Crippen molar-refractivity contribution in [2.45, 2.75) is 16.4 Å². The minimum absolute atomic E-state index is 0.214. The molecular formula is C31H21N5O4S2. The largest absolute Gasteiger partial charge is 0.448 e. The number of rotatable bonds is 6. The first kappa shape index (κ1) is 25.9. The normalized spacial score (nSPS) is 13.1. The minimum Gasteiger partial charge on any atom is -0.448 e. The lowest BCUT2D eigenvalue weighted by Gasteiger charge is -2.13. The monoisotopic (exact) mass is 591 g/mol. The molecule has 6 aromatic rings. The van der Waals surface area contributed by atoms with E-state index in [4.69, 9.17) is 4.42 Å². The van der Waals surface area contributed by atoms with E-state index in [1.165, 1.54) is 34.2 Å². The molecule has 0 spiro atoms. The van der Waals surface area contributed by atoms with E-state index in [0.717, 1.165) is 25.9 Å². The van der Waals surface area contributed by atoms with Gasteiger partial charge in [0.25, 0.3) is 17.4 Å². The van der Waals surface area contributed by atoms with E-state index in [-0.39, 0.29) is 17.4 Å². The number of aliphatic imine (C=N–C) groups is 1. The number of hydrogen-bond donors (Lipinski definition) is 0. The molecule has 3 aromatic carbocycles. The Morgan fingerprint density at radius 2 is 1.60 bits per heavy atom. The van der Waals surface area contributed by atoms with Crippen LogP contribution in [0, 0.1) is 6.92 Å². The van der Waals surface area contributed by atoms with Crippen molar-refractivity contribution in [1.82, 2.24) is 14.3 Å². The highest BCUT2D eigenvalue weighted by Gasteiger charge is 2.36. The molecule has 206 valence electrons. The van der Waals surface area contributed by atoms with Gasteiger partial charge in [0.1, 0.15) is 5.76 Å². The smallest absolute Gasteiger partial charge is 0.297 e. The average Bonchev–Trinajstić information content (AvgIpc) is 3.73. The Bertz CT molecular complexity index is 2090. The van der Waals surface area contributed by atoms with Gasteiger partial charge in [-0.15, -0.1) is 11.3 Å². The molecule has 0 aliphatic carbocycles. The molecule has 2 amide bonds. The van der Waals surface area contributed by atoms with Gasteiger partial charge in [-0.25, -0.2) is 19.6 Å². The van der Waals surface area contributed by atoms with E-state index < -0.39 is 0 Å². The summed E-state index contributed by atoms with van der Waals surface area (Å²) in [6, 6.07) is 25.2. The molecule has 4 heterocycles. The van der Waals surface area contributed by atoms with Gasteiger partial charge in [0.15, 0.2) is 15.1 Å². The van der Waals surface area contributed by atoms with E-state index in [1.807, 2.05) is 56.4 Å². The molecular weight excluding hydrogens is 571 g/mol. The van der Waals surface area contributed by atoms with E-state index in [0.29, 0.717) is 33.4 Å². The molecule has 1 aliphatic rings. The summed E-state index contributed by atoms with van der Waals surface area (Å²) in [5.74, 6) is -0.160. The quantitative estimate of drug-likeness (QED) is 0.164. The summed E-state index contributed by atoms with van der Waals surface area (Å²) in [4.78, 5) is 49.3. The Kier molecular flexibility index (Phi) is 6.25. The zero-order chi connectivity index (χ0) is 29.0. The van der Waals surface area contributed by atoms with E-state index in [9.17, 15) is 14.4 Å². The van der Waals surface area contributed by atoms with Crippen LogP contribution in [0.3, 0.4) is 0 Å². The second-order valence-electron chi connectivity index (χ2n) is 9.55. The Labute approximate surface area is 247 Å². The fourth-order valence-electron chi connectivity index (χ4n) is 4.87. The SMILES string of the molecule is Cc1c(N=Cc2ccc(Sc3nc4ccc(N5C(=O)c6ccccc6C5=O)cc4s3)o2)c(=O)n(-c2ccccc2)n1C. The molecule has 11 heteroatoms. The summed E-state index contributed by atoms with van der Waals surface area (Å²) < 4.78 is 10.9. The number of carbonyl (C=O) groups is 2. The lowest BCUT2D eigenvalue weighted by molar-refractivity contribution is 0.0926. The molecule has 0 radical (unpaired) electrons. The van der Waals surface area contributed by atoms with E-state index >= 15 is 0 Å². The first-order chi connectivity index (χ1) is 20.4. The van der Waals surface area contributed by atoms with Gasteiger partial charge in [0.05, 0.1) is 44.6 Å². The Balaban J connectivity index is 1.10. The number of amides is 2. The van der Waals surface area contributed by atoms with E-state index in [2.05, 4.69) is 9.98 Å². The van der Waals surface area contributed by atoms with Gasteiger partial charge in [-0.1, -0.05) is 30.3 Å². The van der Waals surface area contributed by atoms with Crippen LogP contribution in [0.4, 0.5) is 11.4 Å². The predicted octanol–water partition coefficient (Wildman–Crippen LogP) is 6.39. The topological polar surface area (TPSA) is 103 Å². The lowest BCUT2D eigenvalue weighted by Crippen LogP contribution is -2.29. The fourth-order valence-corrected chi connectivity index (χ4v) is 6.88. The highest BCUT2D eigenvalue weighted by atomic mass is 32.2. The van der Waals surface area contributed by atoms with Gasteiger partial charge in [-0.3, -0.25) is 19.1 Å². The van der Waals surface area contributed by atoms with Gasteiger partial charge >= 0.3 is 0 Å². The van der Waals surface area contributed by atoms with Crippen LogP contribution in [0.2, 0.25) is 0 Å². The van der Waals surface area contributed by atoms with Crippen LogP contribution in [0.15, 0.2) is 109 Å². The van der Waals surface area contributed by atoms with Crippen molar-refractivity contribution in [3.8, 4) is 5.69 Å². The molecule has 0 fully saturated rings. The molecule has 0 unspecified atom stereocenters. The zero-order valence-electron chi connectivity index (χ0n) is 22.3. The zero-order valence-corrected chi connectivity index (χ0v) is 24.0. The molecule has 0 atom stereocenters. The van der Waals surface area contributed by atoms with Crippen LogP contribution >= 0.6 is 23.1 Å². The van der Waals surface area contributed by atoms with Crippen molar-refractivity contribution in [1.29, 1.82) is 0 Å². The van der Waals surface area contributed by atoms with Crippen LogP contribution in [0.25, 0.3) is 15.9 Å². The fraction of sp³-hybridized carbons (Fsp3) is 0.0645. The van der Waals surface area contributed by atoms with Crippen LogP contribution in [0.1, 0.15) is 32.2 Å². The third kappa shape index (κ3) is 4.30. The van der Waals surface area contributed by atoms with Gasteiger partial charge < -0.3 is 4.42 Å². The van der Waals surface area contributed by atoms with Crippen LogP contribution < -0.4 is 10.5 Å². The number of para-hydroxylation sites is 1. The molecule has 1 aliphatic heterocycles. The Morgan fingerprint density at radius 1 is 0.881 bits per heavy atom. The lowest BCUT2D eigenvalue weighted by atomic mass is 10.1. The highest BCUT2D eigenvalue weighted by Crippen LogP contribution is 2.38. The van der Waals surface area contributed by atoms with Crippen molar-refractivity contribution in [2.24, 2.45) is 12.0 Å². The summed E-state index contributed by atoms with van der Waals surface area (Å²) in [5.41, 5.74) is 3.70. The van der Waals surface area contributed by atoms with E-state index in [1.54, 1.807) is 51.8 Å². The van der Waals surface area contributed by atoms with Crippen molar-refractivity contribution in [3.05, 3.63) is 118 Å².